The smallest absolute Gasteiger partial charge is 0.158 e. The van der Waals surface area contributed by atoms with Crippen molar-refractivity contribution in [3.8, 4) is 11.1 Å². The standard InChI is InChI=1S/C13H17N3O2S/c1-13(2,19(3,17)18)11-10(12(14)16-15-11)9-7-5-4-6-8-9/h4-8H,1-3H3,(H3,14,15,16). The molecule has 0 unspecified atom stereocenters. The maximum absolute atomic E-state index is 12.0. The second-order valence-electron chi connectivity index (χ2n) is 5.01. The molecule has 0 aliphatic rings. The molecule has 1 heterocycles. The van der Waals surface area contributed by atoms with E-state index >= 15 is 0 Å². The van der Waals surface area contributed by atoms with Crippen LogP contribution in [0.4, 0.5) is 5.82 Å². The fourth-order valence-corrected chi connectivity index (χ4v) is 2.39. The van der Waals surface area contributed by atoms with Gasteiger partial charge in [0.15, 0.2) is 15.7 Å². The van der Waals surface area contributed by atoms with E-state index in [2.05, 4.69) is 10.2 Å². The largest absolute Gasteiger partial charge is 0.382 e. The molecule has 0 saturated carbocycles. The van der Waals surface area contributed by atoms with Gasteiger partial charge in [0.1, 0.15) is 4.75 Å². The Balaban J connectivity index is 2.70. The monoisotopic (exact) mass is 279 g/mol. The van der Waals surface area contributed by atoms with Crippen molar-refractivity contribution in [3.63, 3.8) is 0 Å². The molecule has 0 fully saturated rings. The molecule has 5 nitrogen and oxygen atoms in total. The zero-order valence-electron chi connectivity index (χ0n) is 11.1. The zero-order valence-corrected chi connectivity index (χ0v) is 12.0. The van der Waals surface area contributed by atoms with E-state index in [1.807, 2.05) is 30.3 Å². The molecule has 0 spiro atoms. The minimum absolute atomic E-state index is 0.304. The lowest BCUT2D eigenvalue weighted by molar-refractivity contribution is 0.556. The molecule has 3 N–H and O–H groups in total. The Morgan fingerprint density at radius 1 is 1.21 bits per heavy atom. The summed E-state index contributed by atoms with van der Waals surface area (Å²) in [5, 5.41) is 6.73. The van der Waals surface area contributed by atoms with Crippen LogP contribution in [0.5, 0.6) is 0 Å². The summed E-state index contributed by atoms with van der Waals surface area (Å²) in [5.74, 6) is 0.304. The highest BCUT2D eigenvalue weighted by Crippen LogP contribution is 2.37. The third kappa shape index (κ3) is 2.23. The minimum Gasteiger partial charge on any atom is -0.382 e. The van der Waals surface area contributed by atoms with Gasteiger partial charge in [-0.05, 0) is 19.4 Å². The first-order valence-electron chi connectivity index (χ1n) is 5.84. The average molecular weight is 279 g/mol. The number of nitrogens with two attached hydrogens (primary N) is 1. The first kappa shape index (κ1) is 13.6. The van der Waals surface area contributed by atoms with E-state index in [4.69, 9.17) is 5.73 Å². The van der Waals surface area contributed by atoms with Gasteiger partial charge in [0.05, 0.1) is 5.69 Å². The maximum atomic E-state index is 12.0. The number of H-pyrrole nitrogens is 1. The lowest BCUT2D eigenvalue weighted by atomic mass is 9.98. The lowest BCUT2D eigenvalue weighted by Crippen LogP contribution is -2.29. The molecule has 0 amide bonds. The number of rotatable bonds is 3. The lowest BCUT2D eigenvalue weighted by Gasteiger charge is -2.22. The Kier molecular flexibility index (Phi) is 3.14. The summed E-state index contributed by atoms with van der Waals surface area (Å²) in [6.45, 7) is 3.28. The fraction of sp³-hybridized carbons (Fsp3) is 0.308. The van der Waals surface area contributed by atoms with Gasteiger partial charge in [0, 0.05) is 11.8 Å². The predicted molar refractivity (Wildman–Crippen MR) is 76.3 cm³/mol. The van der Waals surface area contributed by atoms with Crippen LogP contribution in [-0.2, 0) is 14.6 Å². The number of nitrogen functional groups attached to an aromatic ring is 1. The molecule has 0 aliphatic carbocycles. The van der Waals surface area contributed by atoms with Crippen LogP contribution in [0.3, 0.4) is 0 Å². The molecule has 0 bridgehead atoms. The maximum Gasteiger partial charge on any atom is 0.158 e. The first-order chi connectivity index (χ1) is 8.75. The Labute approximate surface area is 112 Å². The van der Waals surface area contributed by atoms with E-state index in [9.17, 15) is 8.42 Å². The Bertz CT molecular complexity index is 688. The van der Waals surface area contributed by atoms with Crippen LogP contribution in [-0.4, -0.2) is 24.9 Å². The van der Waals surface area contributed by atoms with Crippen LogP contribution in [0.1, 0.15) is 19.5 Å². The molecule has 19 heavy (non-hydrogen) atoms. The molecule has 0 atom stereocenters. The van der Waals surface area contributed by atoms with Crippen molar-refractivity contribution in [3.05, 3.63) is 36.0 Å². The topological polar surface area (TPSA) is 88.8 Å². The number of aromatic nitrogens is 2. The minimum atomic E-state index is -3.30. The number of hydrogen-bond donors (Lipinski definition) is 2. The van der Waals surface area contributed by atoms with Crippen LogP contribution >= 0.6 is 0 Å². The number of nitrogens with one attached hydrogen (secondary N) is 1. The highest BCUT2D eigenvalue weighted by Gasteiger charge is 2.37. The normalized spacial score (nSPS) is 12.6. The Hall–Kier alpha value is -1.82. The molecular weight excluding hydrogens is 262 g/mol. The number of aromatic amines is 1. The molecule has 0 saturated heterocycles. The van der Waals surface area contributed by atoms with E-state index in [-0.39, 0.29) is 0 Å². The molecule has 1 aromatic carbocycles. The van der Waals surface area contributed by atoms with Gasteiger partial charge in [-0.15, -0.1) is 0 Å². The van der Waals surface area contributed by atoms with Gasteiger partial charge in [-0.2, -0.15) is 5.10 Å². The van der Waals surface area contributed by atoms with Crippen LogP contribution in [0.2, 0.25) is 0 Å². The van der Waals surface area contributed by atoms with Crippen molar-refractivity contribution in [2.24, 2.45) is 0 Å². The van der Waals surface area contributed by atoms with Crippen molar-refractivity contribution in [2.75, 3.05) is 12.0 Å². The van der Waals surface area contributed by atoms with E-state index in [0.29, 0.717) is 17.1 Å². The van der Waals surface area contributed by atoms with Crippen molar-refractivity contribution in [2.45, 2.75) is 18.6 Å². The first-order valence-corrected chi connectivity index (χ1v) is 7.73. The van der Waals surface area contributed by atoms with Crippen molar-refractivity contribution in [1.82, 2.24) is 10.2 Å². The molecule has 0 aliphatic heterocycles. The number of benzene rings is 1. The van der Waals surface area contributed by atoms with E-state index in [1.165, 1.54) is 6.26 Å². The van der Waals surface area contributed by atoms with Crippen molar-refractivity contribution >= 4 is 15.7 Å². The number of anilines is 1. The summed E-state index contributed by atoms with van der Waals surface area (Å²) in [6, 6.07) is 9.39. The molecular formula is C13H17N3O2S. The summed E-state index contributed by atoms with van der Waals surface area (Å²) < 4.78 is 22.8. The second kappa shape index (κ2) is 4.38. The third-order valence-electron chi connectivity index (χ3n) is 3.39. The summed E-state index contributed by atoms with van der Waals surface area (Å²) in [7, 11) is -3.30. The average Bonchev–Trinajstić information content (AvgIpc) is 2.71. The third-order valence-corrected chi connectivity index (χ3v) is 5.44. The van der Waals surface area contributed by atoms with Gasteiger partial charge in [-0.1, -0.05) is 30.3 Å². The number of hydrogen-bond acceptors (Lipinski definition) is 4. The fourth-order valence-electron chi connectivity index (χ4n) is 1.87. The van der Waals surface area contributed by atoms with Crippen LogP contribution in [0, 0.1) is 0 Å². The highest BCUT2D eigenvalue weighted by molar-refractivity contribution is 7.91. The Morgan fingerprint density at radius 2 is 1.79 bits per heavy atom. The van der Waals surface area contributed by atoms with Gasteiger partial charge in [0.2, 0.25) is 0 Å². The van der Waals surface area contributed by atoms with Crippen LogP contribution in [0.15, 0.2) is 30.3 Å². The quantitative estimate of drug-likeness (QED) is 0.898. The second-order valence-corrected chi connectivity index (χ2v) is 7.57. The molecule has 6 heteroatoms. The van der Waals surface area contributed by atoms with Crippen LogP contribution in [0.25, 0.3) is 11.1 Å². The summed E-state index contributed by atoms with van der Waals surface area (Å²) in [6.07, 6.45) is 1.21. The Morgan fingerprint density at radius 3 is 2.32 bits per heavy atom. The molecule has 0 radical (unpaired) electrons. The van der Waals surface area contributed by atoms with E-state index in [1.54, 1.807) is 13.8 Å². The SMILES string of the molecule is CC(C)(c1[nH]nc(N)c1-c1ccccc1)S(C)(=O)=O. The number of nitrogens with zero attached hydrogens (tertiary/aromatic N) is 1. The van der Waals surface area contributed by atoms with Crippen molar-refractivity contribution in [1.29, 1.82) is 0 Å². The highest BCUT2D eigenvalue weighted by atomic mass is 32.2. The van der Waals surface area contributed by atoms with Gasteiger partial charge >= 0.3 is 0 Å². The summed E-state index contributed by atoms with van der Waals surface area (Å²) >= 11 is 0. The number of sulfone groups is 1. The van der Waals surface area contributed by atoms with Gasteiger partial charge < -0.3 is 5.73 Å². The van der Waals surface area contributed by atoms with Gasteiger partial charge in [-0.3, -0.25) is 5.10 Å². The van der Waals surface area contributed by atoms with Crippen molar-refractivity contribution < 1.29 is 8.42 Å². The molecule has 2 aromatic rings. The van der Waals surface area contributed by atoms with Gasteiger partial charge in [-0.25, -0.2) is 8.42 Å². The summed E-state index contributed by atoms with van der Waals surface area (Å²) in [4.78, 5) is 0. The molecule has 2 rings (SSSR count). The van der Waals surface area contributed by atoms with E-state index < -0.39 is 14.6 Å². The van der Waals surface area contributed by atoms with Crippen LogP contribution < -0.4 is 5.73 Å². The zero-order chi connectivity index (χ0) is 14.3. The van der Waals surface area contributed by atoms with Gasteiger partial charge in [0.25, 0.3) is 0 Å². The molecule has 1 aromatic heterocycles. The molecule has 102 valence electrons. The van der Waals surface area contributed by atoms with E-state index in [0.717, 1.165) is 5.56 Å². The summed E-state index contributed by atoms with van der Waals surface area (Å²) in [5.41, 5.74) is 7.89. The predicted octanol–water partition coefficient (Wildman–Crippen LogP) is 1.94.